The van der Waals surface area contributed by atoms with E-state index in [1.54, 1.807) is 18.2 Å². The van der Waals surface area contributed by atoms with E-state index < -0.39 is 0 Å². The second-order valence-electron chi connectivity index (χ2n) is 7.02. The van der Waals surface area contributed by atoms with Gasteiger partial charge < -0.3 is 5.32 Å². The molecule has 1 aliphatic rings. The summed E-state index contributed by atoms with van der Waals surface area (Å²) < 4.78 is 13.5. The lowest BCUT2D eigenvalue weighted by Gasteiger charge is -2.22. The molecular formula is C22H26FN3O. The van der Waals surface area contributed by atoms with Gasteiger partial charge >= 0.3 is 0 Å². The molecule has 2 aromatic rings. The first-order valence-electron chi connectivity index (χ1n) is 9.55. The summed E-state index contributed by atoms with van der Waals surface area (Å²) in [7, 11) is 0. The molecule has 0 aliphatic heterocycles. The lowest BCUT2D eigenvalue weighted by Crippen LogP contribution is -2.27. The highest BCUT2D eigenvalue weighted by Crippen LogP contribution is 2.32. The Bertz CT molecular complexity index is 795. The van der Waals surface area contributed by atoms with Crippen LogP contribution in [0.2, 0.25) is 0 Å². The Kier molecular flexibility index (Phi) is 6.58. The summed E-state index contributed by atoms with van der Waals surface area (Å²) in [4.78, 5) is 11.9. The standard InChI is InChI=1S/C22H26FN3O/c1-16(17-11-13-19(14-12-17)18-7-3-2-4-8-18)25-26-22(27)15-24-21-10-6-5-9-20(21)23/h5-6,9-14,18,24H,2-4,7-8,15H2,1H3,(H,26,27)/b25-16-. The van der Waals surface area contributed by atoms with Crippen molar-refractivity contribution >= 4 is 17.3 Å². The van der Waals surface area contributed by atoms with Crippen molar-refractivity contribution in [3.8, 4) is 0 Å². The summed E-state index contributed by atoms with van der Waals surface area (Å²) >= 11 is 0. The molecule has 1 amide bonds. The van der Waals surface area contributed by atoms with Crippen molar-refractivity contribution in [2.75, 3.05) is 11.9 Å². The average molecular weight is 367 g/mol. The predicted octanol–water partition coefficient (Wildman–Crippen LogP) is 4.83. The Balaban J connectivity index is 1.52. The number of benzene rings is 2. The molecule has 1 fully saturated rings. The van der Waals surface area contributed by atoms with Crippen LogP contribution in [0.4, 0.5) is 10.1 Å². The number of hydrogen-bond acceptors (Lipinski definition) is 3. The van der Waals surface area contributed by atoms with Crippen LogP contribution in [0.15, 0.2) is 53.6 Å². The molecule has 0 heterocycles. The van der Waals surface area contributed by atoms with E-state index in [2.05, 4.69) is 40.1 Å². The van der Waals surface area contributed by atoms with Crippen molar-refractivity contribution in [3.63, 3.8) is 0 Å². The summed E-state index contributed by atoms with van der Waals surface area (Å²) in [5.41, 5.74) is 5.93. The minimum absolute atomic E-state index is 0.0433. The second-order valence-corrected chi connectivity index (χ2v) is 7.02. The topological polar surface area (TPSA) is 53.5 Å². The van der Waals surface area contributed by atoms with Gasteiger partial charge in [0.2, 0.25) is 0 Å². The Labute approximate surface area is 159 Å². The molecule has 1 saturated carbocycles. The van der Waals surface area contributed by atoms with E-state index in [-0.39, 0.29) is 18.3 Å². The first kappa shape index (κ1) is 19.1. The van der Waals surface area contributed by atoms with Crippen molar-refractivity contribution in [1.29, 1.82) is 0 Å². The van der Waals surface area contributed by atoms with Crippen LogP contribution in [0.1, 0.15) is 56.1 Å². The number of para-hydroxylation sites is 1. The largest absolute Gasteiger partial charge is 0.374 e. The van der Waals surface area contributed by atoms with Crippen LogP contribution >= 0.6 is 0 Å². The monoisotopic (exact) mass is 367 g/mol. The fourth-order valence-corrected chi connectivity index (χ4v) is 3.46. The van der Waals surface area contributed by atoms with Gasteiger partial charge in [-0.15, -0.1) is 0 Å². The highest BCUT2D eigenvalue weighted by atomic mass is 19.1. The third kappa shape index (κ3) is 5.39. The van der Waals surface area contributed by atoms with Crippen LogP contribution in [-0.4, -0.2) is 18.2 Å². The number of carbonyl (C=O) groups is 1. The number of halogens is 1. The minimum atomic E-state index is -0.386. The minimum Gasteiger partial charge on any atom is -0.374 e. The summed E-state index contributed by atoms with van der Waals surface area (Å²) in [6, 6.07) is 14.7. The molecule has 3 rings (SSSR count). The van der Waals surface area contributed by atoms with Gasteiger partial charge in [0, 0.05) is 0 Å². The number of nitrogens with zero attached hydrogens (tertiary/aromatic N) is 1. The Hall–Kier alpha value is -2.69. The fraction of sp³-hybridized carbons (Fsp3) is 0.364. The number of amides is 1. The first-order chi connectivity index (χ1) is 13.1. The third-order valence-corrected chi connectivity index (χ3v) is 5.07. The molecule has 0 bridgehead atoms. The van der Waals surface area contributed by atoms with Crippen molar-refractivity contribution < 1.29 is 9.18 Å². The van der Waals surface area contributed by atoms with E-state index >= 15 is 0 Å². The zero-order valence-electron chi connectivity index (χ0n) is 15.7. The number of rotatable bonds is 6. The lowest BCUT2D eigenvalue weighted by molar-refractivity contribution is -0.119. The maximum atomic E-state index is 13.5. The SMILES string of the molecule is C/C(=N/NC(=O)CNc1ccccc1F)c1ccc(C2CCCCC2)cc1. The van der Waals surface area contributed by atoms with Crippen LogP contribution in [0, 0.1) is 5.82 Å². The van der Waals surface area contributed by atoms with Gasteiger partial charge in [-0.2, -0.15) is 5.10 Å². The van der Waals surface area contributed by atoms with Gasteiger partial charge in [-0.25, -0.2) is 9.82 Å². The van der Waals surface area contributed by atoms with Gasteiger partial charge in [0.15, 0.2) is 0 Å². The summed E-state index contributed by atoms with van der Waals surface area (Å²) in [6.07, 6.45) is 6.54. The molecule has 0 aromatic heterocycles. The van der Waals surface area contributed by atoms with Crippen LogP contribution in [0.25, 0.3) is 0 Å². The Morgan fingerprint density at radius 3 is 2.48 bits per heavy atom. The maximum Gasteiger partial charge on any atom is 0.259 e. The molecular weight excluding hydrogens is 341 g/mol. The van der Waals surface area contributed by atoms with Crippen molar-refractivity contribution in [2.24, 2.45) is 5.10 Å². The quantitative estimate of drug-likeness (QED) is 0.568. The molecule has 4 nitrogen and oxygen atoms in total. The van der Waals surface area contributed by atoms with Gasteiger partial charge in [-0.3, -0.25) is 4.79 Å². The van der Waals surface area contributed by atoms with E-state index in [0.29, 0.717) is 11.6 Å². The number of hydrogen-bond donors (Lipinski definition) is 2. The van der Waals surface area contributed by atoms with Crippen molar-refractivity contribution in [1.82, 2.24) is 5.43 Å². The van der Waals surface area contributed by atoms with Gasteiger partial charge in [0.1, 0.15) is 5.82 Å². The Morgan fingerprint density at radius 1 is 1.07 bits per heavy atom. The zero-order valence-corrected chi connectivity index (χ0v) is 15.7. The van der Waals surface area contributed by atoms with Crippen LogP contribution in [0.5, 0.6) is 0 Å². The van der Waals surface area contributed by atoms with Crippen molar-refractivity contribution in [2.45, 2.75) is 44.9 Å². The summed E-state index contributed by atoms with van der Waals surface area (Å²) in [5.74, 6) is -0.0336. The first-order valence-corrected chi connectivity index (χ1v) is 9.55. The number of carbonyl (C=O) groups excluding carboxylic acids is 1. The number of anilines is 1. The van der Waals surface area contributed by atoms with Gasteiger partial charge in [-0.1, -0.05) is 55.7 Å². The molecule has 2 N–H and O–H groups in total. The van der Waals surface area contributed by atoms with Crippen LogP contribution < -0.4 is 10.7 Å². The Morgan fingerprint density at radius 2 is 1.78 bits per heavy atom. The number of nitrogens with one attached hydrogen (secondary N) is 2. The predicted molar refractivity (Wildman–Crippen MR) is 108 cm³/mol. The van der Waals surface area contributed by atoms with E-state index in [1.807, 2.05) is 6.92 Å². The molecule has 2 aromatic carbocycles. The van der Waals surface area contributed by atoms with E-state index in [4.69, 9.17) is 0 Å². The van der Waals surface area contributed by atoms with Crippen molar-refractivity contribution in [3.05, 3.63) is 65.5 Å². The van der Waals surface area contributed by atoms with Gasteiger partial charge in [0.05, 0.1) is 17.9 Å². The average Bonchev–Trinajstić information content (AvgIpc) is 2.72. The molecule has 0 radical (unpaired) electrons. The molecule has 0 saturated heterocycles. The molecule has 1 aliphatic carbocycles. The molecule has 0 spiro atoms. The number of hydrazone groups is 1. The summed E-state index contributed by atoms with van der Waals surface area (Å²) in [6.45, 7) is 1.82. The van der Waals surface area contributed by atoms with Crippen LogP contribution in [0.3, 0.4) is 0 Å². The fourth-order valence-electron chi connectivity index (χ4n) is 3.46. The molecule has 0 unspecified atom stereocenters. The van der Waals surface area contributed by atoms with E-state index in [0.717, 1.165) is 11.3 Å². The maximum absolute atomic E-state index is 13.5. The van der Waals surface area contributed by atoms with Crippen LogP contribution in [-0.2, 0) is 4.79 Å². The lowest BCUT2D eigenvalue weighted by atomic mass is 9.84. The third-order valence-electron chi connectivity index (χ3n) is 5.07. The molecule has 0 atom stereocenters. The van der Waals surface area contributed by atoms with Gasteiger partial charge in [-0.05, 0) is 48.9 Å². The highest BCUT2D eigenvalue weighted by molar-refractivity contribution is 5.99. The molecule has 142 valence electrons. The van der Waals surface area contributed by atoms with E-state index in [9.17, 15) is 9.18 Å². The normalized spacial score (nSPS) is 15.4. The van der Waals surface area contributed by atoms with Gasteiger partial charge in [0.25, 0.3) is 5.91 Å². The molecule has 5 heteroatoms. The smallest absolute Gasteiger partial charge is 0.259 e. The zero-order chi connectivity index (χ0) is 19.1. The summed E-state index contributed by atoms with van der Waals surface area (Å²) in [5, 5.41) is 6.92. The van der Waals surface area contributed by atoms with E-state index in [1.165, 1.54) is 43.7 Å². The second kappa shape index (κ2) is 9.31. The molecule has 27 heavy (non-hydrogen) atoms. The highest BCUT2D eigenvalue weighted by Gasteiger charge is 2.15.